The lowest BCUT2D eigenvalue weighted by Crippen LogP contribution is -2.26. The second-order valence-electron chi connectivity index (χ2n) is 7.33. The van der Waals surface area contributed by atoms with Crippen LogP contribution in [0.1, 0.15) is 26.3 Å². The number of sulfonamides is 1. The molecule has 2 heterocycles. The standard InChI is InChI=1S/C18H22N4O3S/c1-18(2,3)20-16-8-5-13(11-19-16)21-26(24,25)14-6-7-15-12(9-14)10-17(23)22(15)4/h5-9,11,21H,10H2,1-4H3,(H,19,20). The van der Waals surface area contributed by atoms with E-state index in [-0.39, 0.29) is 22.8 Å². The van der Waals surface area contributed by atoms with Gasteiger partial charge in [-0.05, 0) is 56.7 Å². The smallest absolute Gasteiger partial charge is 0.261 e. The van der Waals surface area contributed by atoms with E-state index in [1.807, 2.05) is 20.8 Å². The summed E-state index contributed by atoms with van der Waals surface area (Å²) in [5.74, 6) is 0.619. The van der Waals surface area contributed by atoms with E-state index in [4.69, 9.17) is 0 Å². The van der Waals surface area contributed by atoms with E-state index in [0.29, 0.717) is 17.1 Å². The molecule has 0 aliphatic carbocycles. The van der Waals surface area contributed by atoms with Gasteiger partial charge in [-0.2, -0.15) is 0 Å². The van der Waals surface area contributed by atoms with Gasteiger partial charge in [-0.25, -0.2) is 13.4 Å². The molecular formula is C18H22N4O3S. The fourth-order valence-corrected chi connectivity index (χ4v) is 3.83. The highest BCUT2D eigenvalue weighted by molar-refractivity contribution is 7.92. The van der Waals surface area contributed by atoms with Gasteiger partial charge in [0.1, 0.15) is 5.82 Å². The summed E-state index contributed by atoms with van der Waals surface area (Å²) < 4.78 is 27.8. The Balaban J connectivity index is 1.80. The second-order valence-corrected chi connectivity index (χ2v) is 9.02. The molecule has 1 aliphatic rings. The lowest BCUT2D eigenvalue weighted by molar-refractivity contribution is -0.117. The third-order valence-electron chi connectivity index (χ3n) is 3.96. The number of likely N-dealkylation sites (N-methyl/N-ethyl adjacent to an activating group) is 1. The highest BCUT2D eigenvalue weighted by atomic mass is 32.2. The summed E-state index contributed by atoms with van der Waals surface area (Å²) >= 11 is 0. The predicted molar refractivity (Wildman–Crippen MR) is 102 cm³/mol. The van der Waals surface area contributed by atoms with E-state index >= 15 is 0 Å². The summed E-state index contributed by atoms with van der Waals surface area (Å²) in [6, 6.07) is 8.08. The van der Waals surface area contributed by atoms with Crippen LogP contribution in [0, 0.1) is 0 Å². The van der Waals surface area contributed by atoms with E-state index in [1.54, 1.807) is 31.3 Å². The van der Waals surface area contributed by atoms with Gasteiger partial charge in [-0.15, -0.1) is 0 Å². The van der Waals surface area contributed by atoms with Gasteiger partial charge < -0.3 is 10.2 Å². The molecule has 0 atom stereocenters. The number of benzene rings is 1. The van der Waals surface area contributed by atoms with Gasteiger partial charge in [-0.3, -0.25) is 9.52 Å². The molecule has 0 saturated heterocycles. The van der Waals surface area contributed by atoms with Gasteiger partial charge in [0.15, 0.2) is 0 Å². The van der Waals surface area contributed by atoms with Crippen LogP contribution >= 0.6 is 0 Å². The highest BCUT2D eigenvalue weighted by Crippen LogP contribution is 2.30. The van der Waals surface area contributed by atoms with Crippen molar-refractivity contribution in [1.82, 2.24) is 4.98 Å². The number of amides is 1. The number of nitrogens with one attached hydrogen (secondary N) is 2. The van der Waals surface area contributed by atoms with Crippen molar-refractivity contribution in [2.24, 2.45) is 0 Å². The predicted octanol–water partition coefficient (Wildman–Crippen LogP) is 2.61. The molecule has 3 rings (SSSR count). The SMILES string of the molecule is CN1C(=O)Cc2cc(S(=O)(=O)Nc3ccc(NC(C)(C)C)nc3)ccc21. The Kier molecular flexibility index (Phi) is 4.39. The number of carbonyl (C=O) groups excluding carboxylic acids is 1. The molecule has 8 heteroatoms. The lowest BCUT2D eigenvalue weighted by atomic mass is 10.1. The van der Waals surface area contributed by atoms with Crippen molar-refractivity contribution in [3.05, 3.63) is 42.1 Å². The minimum Gasteiger partial charge on any atom is -0.365 e. The van der Waals surface area contributed by atoms with Gasteiger partial charge in [0, 0.05) is 18.3 Å². The quantitative estimate of drug-likeness (QED) is 0.858. The Hall–Kier alpha value is -2.61. The Morgan fingerprint density at radius 1 is 1.15 bits per heavy atom. The maximum absolute atomic E-state index is 12.6. The van der Waals surface area contributed by atoms with E-state index in [9.17, 15) is 13.2 Å². The molecule has 0 bridgehead atoms. The van der Waals surface area contributed by atoms with Crippen LogP contribution in [-0.2, 0) is 21.2 Å². The Bertz CT molecular complexity index is 947. The van der Waals surface area contributed by atoms with Gasteiger partial charge in [0.2, 0.25) is 5.91 Å². The van der Waals surface area contributed by atoms with Crippen molar-refractivity contribution < 1.29 is 13.2 Å². The highest BCUT2D eigenvalue weighted by Gasteiger charge is 2.26. The number of hydrogen-bond donors (Lipinski definition) is 2. The molecule has 1 amide bonds. The van der Waals surface area contributed by atoms with Crippen molar-refractivity contribution in [2.45, 2.75) is 37.6 Å². The van der Waals surface area contributed by atoms with Crippen LogP contribution < -0.4 is 14.9 Å². The van der Waals surface area contributed by atoms with Crippen molar-refractivity contribution >= 4 is 33.1 Å². The molecule has 138 valence electrons. The third kappa shape index (κ3) is 3.80. The third-order valence-corrected chi connectivity index (χ3v) is 5.34. The van der Waals surface area contributed by atoms with Crippen LogP contribution in [0.3, 0.4) is 0 Å². The van der Waals surface area contributed by atoms with Gasteiger partial charge in [-0.1, -0.05) is 0 Å². The average Bonchev–Trinajstić information content (AvgIpc) is 2.82. The van der Waals surface area contributed by atoms with Crippen molar-refractivity contribution in [2.75, 3.05) is 22.0 Å². The van der Waals surface area contributed by atoms with E-state index < -0.39 is 10.0 Å². The summed E-state index contributed by atoms with van der Waals surface area (Å²) in [6.07, 6.45) is 1.68. The van der Waals surface area contributed by atoms with Crippen LogP contribution in [0.4, 0.5) is 17.2 Å². The molecule has 7 nitrogen and oxygen atoms in total. The van der Waals surface area contributed by atoms with Gasteiger partial charge >= 0.3 is 0 Å². The van der Waals surface area contributed by atoms with E-state index in [2.05, 4.69) is 15.0 Å². The molecule has 0 spiro atoms. The molecule has 0 fully saturated rings. The normalized spacial score (nSPS) is 14.3. The van der Waals surface area contributed by atoms with Gasteiger partial charge in [0.25, 0.3) is 10.0 Å². The Labute approximate surface area is 153 Å². The molecule has 26 heavy (non-hydrogen) atoms. The summed E-state index contributed by atoms with van der Waals surface area (Å²) in [4.78, 5) is 17.6. The first-order valence-electron chi connectivity index (χ1n) is 8.22. The summed E-state index contributed by atoms with van der Waals surface area (Å²) in [5.41, 5.74) is 1.69. The maximum Gasteiger partial charge on any atom is 0.261 e. The number of carbonyl (C=O) groups is 1. The number of hydrogen-bond acceptors (Lipinski definition) is 5. The van der Waals surface area contributed by atoms with Crippen LogP contribution in [0.2, 0.25) is 0 Å². The minimum atomic E-state index is -3.76. The van der Waals surface area contributed by atoms with Crippen LogP contribution in [0.15, 0.2) is 41.4 Å². The molecule has 0 unspecified atom stereocenters. The van der Waals surface area contributed by atoms with Crippen LogP contribution in [0.5, 0.6) is 0 Å². The van der Waals surface area contributed by atoms with Crippen LogP contribution in [0.25, 0.3) is 0 Å². The van der Waals surface area contributed by atoms with E-state index in [0.717, 1.165) is 5.69 Å². The molecule has 1 aromatic heterocycles. The fourth-order valence-electron chi connectivity index (χ4n) is 2.74. The van der Waals surface area contributed by atoms with Gasteiger partial charge in [0.05, 0.1) is 23.2 Å². The number of fused-ring (bicyclic) bond motifs is 1. The van der Waals surface area contributed by atoms with Crippen molar-refractivity contribution in [3.63, 3.8) is 0 Å². The van der Waals surface area contributed by atoms with Crippen molar-refractivity contribution in [3.8, 4) is 0 Å². The second kappa shape index (κ2) is 6.28. The first-order valence-corrected chi connectivity index (χ1v) is 9.70. The zero-order chi connectivity index (χ0) is 19.1. The summed E-state index contributed by atoms with van der Waals surface area (Å²) in [5, 5.41) is 3.21. The minimum absolute atomic E-state index is 0.0476. The zero-order valence-electron chi connectivity index (χ0n) is 15.2. The molecule has 0 radical (unpaired) electrons. The fraction of sp³-hybridized carbons (Fsp3) is 0.333. The number of anilines is 3. The molecule has 2 N–H and O–H groups in total. The molecule has 0 saturated carbocycles. The van der Waals surface area contributed by atoms with Crippen LogP contribution in [-0.4, -0.2) is 31.9 Å². The molecular weight excluding hydrogens is 352 g/mol. The summed E-state index contributed by atoms with van der Waals surface area (Å²) in [7, 11) is -2.08. The first kappa shape index (κ1) is 18.2. The zero-order valence-corrected chi connectivity index (χ0v) is 16.0. The number of rotatable bonds is 4. The monoisotopic (exact) mass is 374 g/mol. The maximum atomic E-state index is 12.6. The molecule has 2 aromatic rings. The summed E-state index contributed by atoms with van der Waals surface area (Å²) in [6.45, 7) is 6.05. The molecule has 1 aliphatic heterocycles. The van der Waals surface area contributed by atoms with E-state index in [1.165, 1.54) is 17.2 Å². The Morgan fingerprint density at radius 2 is 1.88 bits per heavy atom. The number of aromatic nitrogens is 1. The molecule has 1 aromatic carbocycles. The average molecular weight is 374 g/mol. The topological polar surface area (TPSA) is 91.4 Å². The Morgan fingerprint density at radius 3 is 2.50 bits per heavy atom. The van der Waals surface area contributed by atoms with Crippen molar-refractivity contribution in [1.29, 1.82) is 0 Å². The number of pyridine rings is 1. The number of nitrogens with zero attached hydrogens (tertiary/aromatic N) is 2. The largest absolute Gasteiger partial charge is 0.365 e. The lowest BCUT2D eigenvalue weighted by Gasteiger charge is -2.21. The first-order chi connectivity index (χ1) is 12.0.